The summed E-state index contributed by atoms with van der Waals surface area (Å²) in [6.45, 7) is 24.7. The van der Waals surface area contributed by atoms with E-state index in [0.29, 0.717) is 0 Å². The highest BCUT2D eigenvalue weighted by atomic mass is 28.6. The molecule has 7 nitrogen and oxygen atoms in total. The molecule has 0 rings (SSSR count). The molecule has 0 aliphatic heterocycles. The summed E-state index contributed by atoms with van der Waals surface area (Å²) in [6, 6.07) is 0. The first-order valence-corrected chi connectivity index (χ1v) is 26.6. The van der Waals surface area contributed by atoms with Crippen LogP contribution in [0, 0.1) is 0 Å². The molecule has 0 fully saturated rings. The van der Waals surface area contributed by atoms with Crippen molar-refractivity contribution < 1.29 is 28.8 Å². The Bertz CT molecular complexity index is 322. The molecule has 0 aromatic carbocycles. The zero-order valence-corrected chi connectivity index (χ0v) is 26.9. The van der Waals surface area contributed by atoms with Crippen molar-refractivity contribution in [2.75, 3.05) is 0 Å². The van der Waals surface area contributed by atoms with Crippen molar-refractivity contribution in [1.29, 1.82) is 0 Å². The van der Waals surface area contributed by atoms with Gasteiger partial charge in [-0.25, -0.2) is 0 Å². The minimum Gasteiger partial charge on any atom is -0.395 e. The quantitative estimate of drug-likeness (QED) is 0.327. The Morgan fingerprint density at radius 1 is 0.333 bits per heavy atom. The molecule has 0 amide bonds. The minimum atomic E-state index is -3.45. The van der Waals surface area contributed by atoms with Gasteiger partial charge in [0.2, 0.25) is 0 Å². The summed E-state index contributed by atoms with van der Waals surface area (Å²) in [6.07, 6.45) is 0. The molecule has 0 aliphatic carbocycles. The van der Waals surface area contributed by atoms with Crippen LogP contribution < -0.4 is 0 Å². The van der Waals surface area contributed by atoms with Gasteiger partial charge in [0.05, 0.1) is 0 Å². The fourth-order valence-corrected chi connectivity index (χ4v) is 21.6. The topological polar surface area (TPSA) is 64.6 Å². The molecule has 6 radical (unpaired) electrons. The number of hydrogen-bond donors (Lipinski definition) is 0. The van der Waals surface area contributed by atoms with Gasteiger partial charge in [-0.2, -0.15) is 0 Å². The molecule has 0 heterocycles. The summed E-state index contributed by atoms with van der Waals surface area (Å²) in [7, 11) is -13.7. The molecule has 0 bridgehead atoms. The Labute approximate surface area is 179 Å². The molecule has 0 atom stereocenters. The molecule has 0 N–H and O–H groups in total. The van der Waals surface area contributed by atoms with Gasteiger partial charge in [-0.15, -0.1) is 0 Å². The predicted octanol–water partition coefficient (Wildman–Crippen LogP) is 3.48. The number of rotatable bonds is 14. The zero-order chi connectivity index (χ0) is 21.4. The van der Waals surface area contributed by atoms with Crippen LogP contribution in [0.25, 0.3) is 0 Å². The smallest absolute Gasteiger partial charge is 0.395 e. The van der Waals surface area contributed by atoms with Crippen molar-refractivity contribution in [3.05, 3.63) is 0 Å². The van der Waals surface area contributed by atoms with Crippen molar-refractivity contribution in [3.63, 3.8) is 0 Å². The van der Waals surface area contributed by atoms with Crippen LogP contribution in [0.3, 0.4) is 0 Å². The summed E-state index contributed by atoms with van der Waals surface area (Å²) >= 11 is 0. The third kappa shape index (κ3) is 12.7. The van der Waals surface area contributed by atoms with Crippen molar-refractivity contribution in [2.45, 2.75) is 78.6 Å². The van der Waals surface area contributed by atoms with Crippen LogP contribution in [0.15, 0.2) is 0 Å². The van der Waals surface area contributed by atoms with E-state index >= 15 is 0 Å². The SMILES string of the molecule is C[Si](C)O[Si](O[Si](C)C)(O[Si](C)C)O[Si](O[Si](C)C)(O[Si](C)C)O[Si](C)C. The first-order chi connectivity index (χ1) is 12.2. The first-order valence-electron chi connectivity index (χ1n) is 8.86. The van der Waals surface area contributed by atoms with Crippen molar-refractivity contribution in [1.82, 2.24) is 0 Å². The molecule has 0 unspecified atom stereocenters. The van der Waals surface area contributed by atoms with Crippen LogP contribution in [0.2, 0.25) is 78.6 Å². The first kappa shape index (κ1) is 28.5. The van der Waals surface area contributed by atoms with E-state index in [1.54, 1.807) is 0 Å². The van der Waals surface area contributed by atoms with Gasteiger partial charge in [-0.1, -0.05) is 0 Å². The molecule has 0 spiro atoms. The predicted molar refractivity (Wildman–Crippen MR) is 124 cm³/mol. The lowest BCUT2D eigenvalue weighted by Crippen LogP contribution is -2.67. The zero-order valence-electron chi connectivity index (χ0n) is 18.9. The van der Waals surface area contributed by atoms with E-state index in [9.17, 15) is 0 Å². The fraction of sp³-hybridized carbons (Fsp3) is 1.00. The normalized spacial score (nSPS) is 14.0. The lowest BCUT2D eigenvalue weighted by molar-refractivity contribution is 0.0762. The Kier molecular flexibility index (Phi) is 13.7. The van der Waals surface area contributed by atoms with Crippen molar-refractivity contribution in [2.24, 2.45) is 0 Å². The molecule has 27 heavy (non-hydrogen) atoms. The molecule has 158 valence electrons. The average Bonchev–Trinajstić information content (AvgIpc) is 2.30. The van der Waals surface area contributed by atoms with Crippen LogP contribution in [-0.2, 0) is 28.8 Å². The third-order valence-corrected chi connectivity index (χ3v) is 20.0. The maximum Gasteiger partial charge on any atom is 0.641 e. The van der Waals surface area contributed by atoms with Gasteiger partial charge in [0, 0.05) is 0 Å². The Morgan fingerprint density at radius 3 is 0.593 bits per heavy atom. The molecular formula is C12H36O7Si8. The maximum atomic E-state index is 6.59. The third-order valence-electron chi connectivity index (χ3n) is 2.22. The molecule has 15 heteroatoms. The van der Waals surface area contributed by atoms with Crippen molar-refractivity contribution >= 4 is 72.3 Å². The van der Waals surface area contributed by atoms with Crippen LogP contribution >= 0.6 is 0 Å². The highest BCUT2D eigenvalue weighted by Crippen LogP contribution is 2.26. The van der Waals surface area contributed by atoms with Crippen LogP contribution in [0.4, 0.5) is 0 Å². The second-order valence-electron chi connectivity index (χ2n) is 7.16. The Morgan fingerprint density at radius 2 is 0.481 bits per heavy atom. The van der Waals surface area contributed by atoms with Crippen molar-refractivity contribution in [3.8, 4) is 0 Å². The average molecular weight is 517 g/mol. The summed E-state index contributed by atoms with van der Waals surface area (Å²) in [5.41, 5.74) is 0. The van der Waals surface area contributed by atoms with Crippen LogP contribution in [-0.4, -0.2) is 72.3 Å². The van der Waals surface area contributed by atoms with Gasteiger partial charge in [0.1, 0.15) is 0 Å². The molecule has 0 aromatic rings. The van der Waals surface area contributed by atoms with Gasteiger partial charge in [0.25, 0.3) is 0 Å². The molecule has 0 aromatic heterocycles. The van der Waals surface area contributed by atoms with E-state index in [4.69, 9.17) is 28.8 Å². The van der Waals surface area contributed by atoms with E-state index < -0.39 is 72.3 Å². The minimum absolute atomic E-state index is 1.14. The molecule has 0 aliphatic rings. The van der Waals surface area contributed by atoms with E-state index in [-0.39, 0.29) is 0 Å². The van der Waals surface area contributed by atoms with Gasteiger partial charge in [-0.05, 0) is 78.6 Å². The van der Waals surface area contributed by atoms with E-state index in [1.165, 1.54) is 0 Å². The highest BCUT2D eigenvalue weighted by Gasteiger charge is 2.60. The molecule has 0 saturated carbocycles. The summed E-state index contributed by atoms with van der Waals surface area (Å²) < 4.78 is 44.5. The van der Waals surface area contributed by atoms with E-state index in [2.05, 4.69) is 78.6 Å². The lowest BCUT2D eigenvalue weighted by Gasteiger charge is -2.40. The lowest BCUT2D eigenvalue weighted by atomic mass is 11.9. The second kappa shape index (κ2) is 13.0. The van der Waals surface area contributed by atoms with Gasteiger partial charge >= 0.3 is 18.1 Å². The molecular weight excluding hydrogens is 481 g/mol. The van der Waals surface area contributed by atoms with Gasteiger partial charge in [0.15, 0.2) is 54.2 Å². The largest absolute Gasteiger partial charge is 0.641 e. The monoisotopic (exact) mass is 516 g/mol. The Hall–Kier alpha value is 1.46. The Balaban J connectivity index is 6.14. The van der Waals surface area contributed by atoms with Crippen LogP contribution in [0.1, 0.15) is 0 Å². The number of hydrogen-bond acceptors (Lipinski definition) is 7. The summed E-state index contributed by atoms with van der Waals surface area (Å²) in [5, 5.41) is 0. The van der Waals surface area contributed by atoms with Crippen LogP contribution in [0.5, 0.6) is 0 Å². The standard InChI is InChI=1S/C12H36O7Si8/c1-20(2)13-26(14-21(3)4,15-22(5)6)19-27(16-23(7)8,17-24(9)10)18-25(11)12/h1-12H3. The fourth-order valence-electron chi connectivity index (χ4n) is 1.90. The van der Waals surface area contributed by atoms with Gasteiger partial charge < -0.3 is 28.8 Å². The summed E-state index contributed by atoms with van der Waals surface area (Å²) in [4.78, 5) is 0. The second-order valence-corrected chi connectivity index (χ2v) is 25.8. The maximum absolute atomic E-state index is 6.59. The molecule has 0 saturated heterocycles. The highest BCUT2D eigenvalue weighted by molar-refractivity contribution is 6.85. The van der Waals surface area contributed by atoms with E-state index in [1.807, 2.05) is 0 Å². The van der Waals surface area contributed by atoms with Gasteiger partial charge in [-0.3, -0.25) is 0 Å². The summed E-state index contributed by atoms with van der Waals surface area (Å²) in [5.74, 6) is 0. The van der Waals surface area contributed by atoms with E-state index in [0.717, 1.165) is 0 Å².